The van der Waals surface area contributed by atoms with E-state index in [4.69, 9.17) is 4.42 Å². The molecule has 2 aromatic rings. The van der Waals surface area contributed by atoms with E-state index in [2.05, 4.69) is 10.6 Å². The van der Waals surface area contributed by atoms with Gasteiger partial charge in [0, 0.05) is 34.2 Å². The molecular weight excluding hydrogens is 288 g/mol. The van der Waals surface area contributed by atoms with Crippen molar-refractivity contribution in [1.82, 2.24) is 10.6 Å². The molecule has 0 aliphatic rings. The predicted molar refractivity (Wildman–Crippen MR) is 84.7 cm³/mol. The Morgan fingerprint density at radius 2 is 2.00 bits per heavy atom. The summed E-state index contributed by atoms with van der Waals surface area (Å²) in [6, 6.07) is 8.96. The molecule has 1 aromatic carbocycles. The highest BCUT2D eigenvalue weighted by molar-refractivity contribution is 7.84. The number of rotatable bonds is 5. The predicted octanol–water partition coefficient (Wildman–Crippen LogP) is 2.56. The number of amides is 2. The summed E-state index contributed by atoms with van der Waals surface area (Å²) in [7, 11) is -0.932. The number of furan rings is 1. The molecule has 21 heavy (non-hydrogen) atoms. The molecule has 0 bridgehead atoms. The normalized spacial score (nSPS) is 15.4. The number of hydrogen-bond donors (Lipinski definition) is 2. The van der Waals surface area contributed by atoms with Gasteiger partial charge in [-0.15, -0.1) is 0 Å². The van der Waals surface area contributed by atoms with Gasteiger partial charge in [-0.2, -0.15) is 0 Å². The summed E-state index contributed by atoms with van der Waals surface area (Å²) in [5.74, 6) is 1.14. The Bertz CT molecular complexity index is 620. The van der Waals surface area contributed by atoms with Gasteiger partial charge in [0.2, 0.25) is 0 Å². The molecule has 1 aromatic heterocycles. The first-order valence-corrected chi connectivity index (χ1v) is 8.54. The quantitative estimate of drug-likeness (QED) is 0.891. The summed E-state index contributed by atoms with van der Waals surface area (Å²) < 4.78 is 16.8. The standard InChI is InChI=1S/C15H20N2O3S/c1-10(9-21(3)19)16-15(18)17-11(2)14-8-12-6-4-5-7-13(12)20-14/h4-8,10-11H,9H2,1-3H3,(H2,16,17,18)/t10-,11+,21-/m1/s1. The van der Waals surface area contributed by atoms with E-state index >= 15 is 0 Å². The van der Waals surface area contributed by atoms with Crippen molar-refractivity contribution in [2.75, 3.05) is 12.0 Å². The number of fused-ring (bicyclic) bond motifs is 1. The van der Waals surface area contributed by atoms with Gasteiger partial charge in [-0.05, 0) is 26.0 Å². The Kier molecular flexibility index (Phi) is 5.01. The molecule has 0 fully saturated rings. The topological polar surface area (TPSA) is 71.3 Å². The summed E-state index contributed by atoms with van der Waals surface area (Å²) in [4.78, 5) is 11.9. The maximum Gasteiger partial charge on any atom is 0.315 e. The van der Waals surface area contributed by atoms with Crippen molar-refractivity contribution in [3.05, 3.63) is 36.1 Å². The van der Waals surface area contributed by atoms with Crippen LogP contribution in [-0.4, -0.2) is 28.3 Å². The van der Waals surface area contributed by atoms with E-state index in [1.165, 1.54) is 0 Å². The highest BCUT2D eigenvalue weighted by Gasteiger charge is 2.15. The molecule has 0 unspecified atom stereocenters. The Morgan fingerprint density at radius 1 is 1.29 bits per heavy atom. The molecule has 0 radical (unpaired) electrons. The zero-order chi connectivity index (χ0) is 15.4. The Balaban J connectivity index is 1.95. The van der Waals surface area contributed by atoms with Gasteiger partial charge in [-0.3, -0.25) is 4.21 Å². The summed E-state index contributed by atoms with van der Waals surface area (Å²) in [6.07, 6.45) is 1.62. The maximum absolute atomic E-state index is 11.9. The van der Waals surface area contributed by atoms with Gasteiger partial charge in [-0.1, -0.05) is 18.2 Å². The molecule has 2 N–H and O–H groups in total. The molecule has 0 saturated carbocycles. The number of urea groups is 1. The first-order chi connectivity index (χ1) is 9.95. The van der Waals surface area contributed by atoms with E-state index in [9.17, 15) is 9.00 Å². The van der Waals surface area contributed by atoms with Crippen LogP contribution >= 0.6 is 0 Å². The van der Waals surface area contributed by atoms with Crippen LogP contribution in [-0.2, 0) is 10.8 Å². The van der Waals surface area contributed by atoms with Crippen LogP contribution in [0, 0.1) is 0 Å². The largest absolute Gasteiger partial charge is 0.459 e. The molecule has 114 valence electrons. The Labute approximate surface area is 126 Å². The average Bonchev–Trinajstić information content (AvgIpc) is 2.80. The van der Waals surface area contributed by atoms with Crippen LogP contribution in [0.15, 0.2) is 34.7 Å². The van der Waals surface area contributed by atoms with Crippen molar-refractivity contribution in [2.24, 2.45) is 0 Å². The van der Waals surface area contributed by atoms with Crippen molar-refractivity contribution in [3.63, 3.8) is 0 Å². The number of carbonyl (C=O) groups is 1. The van der Waals surface area contributed by atoms with Crippen molar-refractivity contribution in [3.8, 4) is 0 Å². The Morgan fingerprint density at radius 3 is 2.67 bits per heavy atom. The number of carbonyl (C=O) groups excluding carboxylic acids is 1. The zero-order valence-corrected chi connectivity index (χ0v) is 13.2. The van der Waals surface area contributed by atoms with Crippen LogP contribution < -0.4 is 10.6 Å². The van der Waals surface area contributed by atoms with Crippen LogP contribution in [0.1, 0.15) is 25.6 Å². The monoisotopic (exact) mass is 308 g/mol. The van der Waals surface area contributed by atoms with Crippen molar-refractivity contribution >= 4 is 27.8 Å². The van der Waals surface area contributed by atoms with E-state index in [0.717, 1.165) is 11.0 Å². The van der Waals surface area contributed by atoms with Gasteiger partial charge in [0.25, 0.3) is 0 Å². The van der Waals surface area contributed by atoms with Crippen molar-refractivity contribution < 1.29 is 13.4 Å². The lowest BCUT2D eigenvalue weighted by atomic mass is 10.2. The lowest BCUT2D eigenvalue weighted by Gasteiger charge is -2.16. The molecule has 0 aliphatic heterocycles. The highest BCUT2D eigenvalue weighted by Crippen LogP contribution is 2.23. The molecular formula is C15H20N2O3S. The molecule has 0 saturated heterocycles. The zero-order valence-electron chi connectivity index (χ0n) is 12.4. The average molecular weight is 308 g/mol. The third kappa shape index (κ3) is 4.32. The minimum atomic E-state index is -0.932. The number of benzene rings is 1. The van der Waals surface area contributed by atoms with Crippen LogP contribution in [0.2, 0.25) is 0 Å². The van der Waals surface area contributed by atoms with Gasteiger partial charge in [0.05, 0.1) is 6.04 Å². The molecule has 5 nitrogen and oxygen atoms in total. The fourth-order valence-electron chi connectivity index (χ4n) is 2.14. The minimum absolute atomic E-state index is 0.140. The van der Waals surface area contributed by atoms with E-state index in [1.54, 1.807) is 6.26 Å². The molecule has 0 spiro atoms. The van der Waals surface area contributed by atoms with Crippen molar-refractivity contribution in [2.45, 2.75) is 25.9 Å². The van der Waals surface area contributed by atoms with Crippen molar-refractivity contribution in [1.29, 1.82) is 0 Å². The van der Waals surface area contributed by atoms with E-state index in [1.807, 2.05) is 44.2 Å². The summed E-state index contributed by atoms with van der Waals surface area (Å²) in [5, 5.41) is 6.59. The fourth-order valence-corrected chi connectivity index (χ4v) is 2.93. The highest BCUT2D eigenvalue weighted by atomic mass is 32.2. The molecule has 2 amide bonds. The van der Waals surface area contributed by atoms with Crippen LogP contribution in [0.5, 0.6) is 0 Å². The summed E-state index contributed by atoms with van der Waals surface area (Å²) in [5.41, 5.74) is 0.802. The summed E-state index contributed by atoms with van der Waals surface area (Å²) in [6.45, 7) is 3.69. The number of para-hydroxylation sites is 1. The molecule has 1 heterocycles. The Hall–Kier alpha value is -1.82. The van der Waals surface area contributed by atoms with E-state index < -0.39 is 10.8 Å². The lowest BCUT2D eigenvalue weighted by Crippen LogP contribution is -2.43. The van der Waals surface area contributed by atoms with Crippen LogP contribution in [0.25, 0.3) is 11.0 Å². The second kappa shape index (κ2) is 6.76. The smallest absolute Gasteiger partial charge is 0.315 e. The SMILES string of the molecule is C[C@H](C[S@@](C)=O)NC(=O)N[C@@H](C)c1cc2ccccc2o1. The van der Waals surface area contributed by atoms with Gasteiger partial charge < -0.3 is 15.1 Å². The molecule has 3 atom stereocenters. The number of nitrogens with one attached hydrogen (secondary N) is 2. The first-order valence-electron chi connectivity index (χ1n) is 6.81. The van der Waals surface area contributed by atoms with Crippen LogP contribution in [0.3, 0.4) is 0 Å². The second-order valence-corrected chi connectivity index (χ2v) is 6.65. The van der Waals surface area contributed by atoms with E-state index in [0.29, 0.717) is 11.5 Å². The second-order valence-electron chi connectivity index (χ2n) is 5.17. The fraction of sp³-hybridized carbons (Fsp3) is 0.400. The number of hydrogen-bond acceptors (Lipinski definition) is 3. The van der Waals surface area contributed by atoms with Gasteiger partial charge in [0.15, 0.2) is 0 Å². The molecule has 2 rings (SSSR count). The lowest BCUT2D eigenvalue weighted by molar-refractivity contribution is 0.234. The molecule has 0 aliphatic carbocycles. The van der Waals surface area contributed by atoms with Gasteiger partial charge in [-0.25, -0.2) is 4.79 Å². The summed E-state index contributed by atoms with van der Waals surface area (Å²) >= 11 is 0. The molecule has 6 heteroatoms. The first kappa shape index (κ1) is 15.6. The minimum Gasteiger partial charge on any atom is -0.459 e. The van der Waals surface area contributed by atoms with Crippen LogP contribution in [0.4, 0.5) is 4.79 Å². The third-order valence-electron chi connectivity index (χ3n) is 3.08. The van der Waals surface area contributed by atoms with Gasteiger partial charge in [0.1, 0.15) is 11.3 Å². The maximum atomic E-state index is 11.9. The third-order valence-corrected chi connectivity index (χ3v) is 4.05. The van der Waals surface area contributed by atoms with E-state index in [-0.39, 0.29) is 18.1 Å². The van der Waals surface area contributed by atoms with Gasteiger partial charge >= 0.3 is 6.03 Å².